The van der Waals surface area contributed by atoms with E-state index in [-0.39, 0.29) is 0 Å². The second-order valence-electron chi connectivity index (χ2n) is 3.94. The molecule has 2 aromatic rings. The number of anilines is 2. The van der Waals surface area contributed by atoms with Gasteiger partial charge in [-0.1, -0.05) is 30.3 Å². The number of hydrogen-bond acceptors (Lipinski definition) is 3. The molecular weight excluding hydrogens is 210 g/mol. The van der Waals surface area contributed by atoms with Crippen molar-refractivity contribution in [3.8, 4) is 0 Å². The first-order valence-corrected chi connectivity index (χ1v) is 5.80. The zero-order valence-corrected chi connectivity index (χ0v) is 10.0. The summed E-state index contributed by atoms with van der Waals surface area (Å²) in [4.78, 5) is 6.29. The average molecular weight is 227 g/mol. The van der Waals surface area contributed by atoms with Crippen LogP contribution in [0.15, 0.2) is 48.7 Å². The van der Waals surface area contributed by atoms with E-state index in [4.69, 9.17) is 5.73 Å². The quantitative estimate of drug-likeness (QED) is 0.873. The summed E-state index contributed by atoms with van der Waals surface area (Å²) < 4.78 is 0. The Hall–Kier alpha value is -2.03. The minimum absolute atomic E-state index is 0.564. The van der Waals surface area contributed by atoms with Crippen LogP contribution in [-0.4, -0.2) is 11.5 Å². The van der Waals surface area contributed by atoms with Gasteiger partial charge in [0.25, 0.3) is 0 Å². The van der Waals surface area contributed by atoms with Crippen LogP contribution >= 0.6 is 0 Å². The van der Waals surface area contributed by atoms with Crippen molar-refractivity contribution in [2.24, 2.45) is 0 Å². The third kappa shape index (κ3) is 2.97. The van der Waals surface area contributed by atoms with E-state index >= 15 is 0 Å². The summed E-state index contributed by atoms with van der Waals surface area (Å²) in [7, 11) is 0. The maximum Gasteiger partial charge on any atom is 0.125 e. The molecular formula is C14H17N3. The monoisotopic (exact) mass is 227 g/mol. The first kappa shape index (κ1) is 11.5. The fraction of sp³-hybridized carbons (Fsp3) is 0.214. The minimum atomic E-state index is 0.564. The van der Waals surface area contributed by atoms with Crippen LogP contribution in [0.1, 0.15) is 12.5 Å². The molecule has 3 nitrogen and oxygen atoms in total. The molecule has 0 atom stereocenters. The van der Waals surface area contributed by atoms with Crippen molar-refractivity contribution in [1.29, 1.82) is 0 Å². The van der Waals surface area contributed by atoms with Gasteiger partial charge in [-0.2, -0.15) is 0 Å². The van der Waals surface area contributed by atoms with Crippen molar-refractivity contribution >= 4 is 11.5 Å². The smallest absolute Gasteiger partial charge is 0.125 e. The zero-order chi connectivity index (χ0) is 12.1. The molecule has 1 aromatic carbocycles. The van der Waals surface area contributed by atoms with Gasteiger partial charge in [-0.05, 0) is 18.6 Å². The second kappa shape index (κ2) is 5.34. The minimum Gasteiger partial charge on any atom is -0.384 e. The van der Waals surface area contributed by atoms with Crippen LogP contribution in [0.2, 0.25) is 0 Å². The molecule has 2 rings (SSSR count). The van der Waals surface area contributed by atoms with Crippen molar-refractivity contribution in [2.75, 3.05) is 17.2 Å². The highest BCUT2D eigenvalue weighted by molar-refractivity contribution is 5.52. The van der Waals surface area contributed by atoms with Gasteiger partial charge in [0, 0.05) is 31.0 Å². The third-order valence-electron chi connectivity index (χ3n) is 2.73. The molecule has 0 radical (unpaired) electrons. The highest BCUT2D eigenvalue weighted by atomic mass is 15.1. The van der Waals surface area contributed by atoms with Crippen LogP contribution in [0.5, 0.6) is 0 Å². The molecule has 1 heterocycles. The molecule has 0 bridgehead atoms. The van der Waals surface area contributed by atoms with Gasteiger partial charge in [0.1, 0.15) is 5.82 Å². The lowest BCUT2D eigenvalue weighted by Gasteiger charge is -2.23. The van der Waals surface area contributed by atoms with Crippen LogP contribution in [0.4, 0.5) is 11.5 Å². The molecule has 0 spiro atoms. The summed E-state index contributed by atoms with van der Waals surface area (Å²) >= 11 is 0. The number of aromatic nitrogens is 1. The van der Waals surface area contributed by atoms with Crippen molar-refractivity contribution in [2.45, 2.75) is 13.5 Å². The van der Waals surface area contributed by atoms with Crippen LogP contribution in [-0.2, 0) is 6.54 Å². The number of rotatable bonds is 4. The Labute approximate surface area is 102 Å². The Morgan fingerprint density at radius 1 is 1.18 bits per heavy atom. The lowest BCUT2D eigenvalue weighted by molar-refractivity contribution is 0.831. The molecule has 0 amide bonds. The number of nitrogens with zero attached hydrogens (tertiary/aromatic N) is 2. The molecule has 0 unspecified atom stereocenters. The number of pyridine rings is 1. The van der Waals surface area contributed by atoms with Crippen molar-refractivity contribution < 1.29 is 0 Å². The number of benzene rings is 1. The van der Waals surface area contributed by atoms with Gasteiger partial charge in [-0.15, -0.1) is 0 Å². The van der Waals surface area contributed by atoms with E-state index in [0.717, 1.165) is 18.8 Å². The molecule has 0 aliphatic rings. The van der Waals surface area contributed by atoms with Gasteiger partial charge in [0.2, 0.25) is 0 Å². The Morgan fingerprint density at radius 2 is 1.94 bits per heavy atom. The Bertz CT molecular complexity index is 468. The van der Waals surface area contributed by atoms with Crippen molar-refractivity contribution in [1.82, 2.24) is 4.98 Å². The lowest BCUT2D eigenvalue weighted by Crippen LogP contribution is -2.22. The molecule has 0 fully saturated rings. The molecule has 2 N–H and O–H groups in total. The van der Waals surface area contributed by atoms with Crippen LogP contribution in [0, 0.1) is 0 Å². The predicted octanol–water partition coefficient (Wildman–Crippen LogP) is 2.69. The van der Waals surface area contributed by atoms with Gasteiger partial charge in [-0.25, -0.2) is 4.98 Å². The number of hydrogen-bond donors (Lipinski definition) is 1. The molecule has 88 valence electrons. The third-order valence-corrected chi connectivity index (χ3v) is 2.73. The normalized spacial score (nSPS) is 10.2. The maximum atomic E-state index is 5.71. The first-order valence-electron chi connectivity index (χ1n) is 5.80. The molecule has 17 heavy (non-hydrogen) atoms. The molecule has 0 aliphatic carbocycles. The zero-order valence-electron chi connectivity index (χ0n) is 10.0. The molecule has 3 heteroatoms. The Balaban J connectivity index is 2.17. The Morgan fingerprint density at radius 3 is 2.59 bits per heavy atom. The van der Waals surface area contributed by atoms with Crippen molar-refractivity contribution in [3.05, 3.63) is 54.2 Å². The van der Waals surface area contributed by atoms with E-state index in [1.165, 1.54) is 5.56 Å². The highest BCUT2D eigenvalue weighted by Gasteiger charge is 2.05. The van der Waals surface area contributed by atoms with E-state index in [9.17, 15) is 0 Å². The SMILES string of the molecule is CCN(Cc1ccccc1)c1ccnc(N)c1. The number of nitrogen functional groups attached to an aromatic ring is 1. The topological polar surface area (TPSA) is 42.2 Å². The van der Waals surface area contributed by atoms with Gasteiger partial charge in [0.05, 0.1) is 0 Å². The van der Waals surface area contributed by atoms with Crippen LogP contribution in [0.3, 0.4) is 0 Å². The van der Waals surface area contributed by atoms with E-state index in [1.54, 1.807) is 6.20 Å². The molecule has 1 aromatic heterocycles. The second-order valence-corrected chi connectivity index (χ2v) is 3.94. The van der Waals surface area contributed by atoms with Gasteiger partial charge in [0.15, 0.2) is 0 Å². The van der Waals surface area contributed by atoms with Crippen molar-refractivity contribution in [3.63, 3.8) is 0 Å². The highest BCUT2D eigenvalue weighted by Crippen LogP contribution is 2.17. The largest absolute Gasteiger partial charge is 0.384 e. The lowest BCUT2D eigenvalue weighted by atomic mass is 10.2. The summed E-state index contributed by atoms with van der Waals surface area (Å²) in [6.45, 7) is 3.97. The average Bonchev–Trinajstić information content (AvgIpc) is 2.37. The maximum absolute atomic E-state index is 5.71. The Kier molecular flexibility index (Phi) is 3.60. The first-order chi connectivity index (χ1) is 8.29. The van der Waals surface area contributed by atoms with Gasteiger partial charge >= 0.3 is 0 Å². The van der Waals surface area contributed by atoms with E-state index < -0.39 is 0 Å². The standard InChI is InChI=1S/C14H17N3/c1-2-17(11-12-6-4-3-5-7-12)13-8-9-16-14(15)10-13/h3-10H,2,11H2,1H3,(H2,15,16). The molecule has 0 saturated carbocycles. The van der Waals surface area contributed by atoms with E-state index in [1.807, 2.05) is 18.2 Å². The number of nitrogens with two attached hydrogens (primary N) is 1. The molecule has 0 aliphatic heterocycles. The predicted molar refractivity (Wildman–Crippen MR) is 71.8 cm³/mol. The summed E-state index contributed by atoms with van der Waals surface area (Å²) in [5.41, 5.74) is 8.12. The van der Waals surface area contributed by atoms with Gasteiger partial charge < -0.3 is 10.6 Å². The van der Waals surface area contributed by atoms with E-state index in [0.29, 0.717) is 5.82 Å². The fourth-order valence-electron chi connectivity index (χ4n) is 1.82. The molecule has 0 saturated heterocycles. The van der Waals surface area contributed by atoms with Crippen LogP contribution < -0.4 is 10.6 Å². The summed E-state index contributed by atoms with van der Waals surface area (Å²) in [5, 5.41) is 0. The van der Waals surface area contributed by atoms with E-state index in [2.05, 4.69) is 41.1 Å². The van der Waals surface area contributed by atoms with Gasteiger partial charge in [-0.3, -0.25) is 0 Å². The summed E-state index contributed by atoms with van der Waals surface area (Å²) in [6, 6.07) is 14.3. The summed E-state index contributed by atoms with van der Waals surface area (Å²) in [6.07, 6.45) is 1.75. The summed E-state index contributed by atoms with van der Waals surface area (Å²) in [5.74, 6) is 0.564. The van der Waals surface area contributed by atoms with Crippen LogP contribution in [0.25, 0.3) is 0 Å². The fourth-order valence-corrected chi connectivity index (χ4v) is 1.82.